The summed E-state index contributed by atoms with van der Waals surface area (Å²) in [6, 6.07) is 8.36. The summed E-state index contributed by atoms with van der Waals surface area (Å²) in [6.45, 7) is 4.98. The molecule has 2 aliphatic rings. The Bertz CT molecular complexity index is 603. The highest BCUT2D eigenvalue weighted by Gasteiger charge is 2.29. The molecule has 22 heavy (non-hydrogen) atoms. The third kappa shape index (κ3) is 2.99. The number of hydrogen-bond acceptors (Lipinski definition) is 3. The number of hydrogen-bond donors (Lipinski definition) is 1. The maximum atomic E-state index is 12.3. The Morgan fingerprint density at radius 2 is 1.91 bits per heavy atom. The predicted molar refractivity (Wildman–Crippen MR) is 93.6 cm³/mol. The molecular weight excluding hydrogens is 294 g/mol. The first-order valence-corrected chi connectivity index (χ1v) is 8.29. The van der Waals surface area contributed by atoms with E-state index in [1.54, 1.807) is 4.90 Å². The summed E-state index contributed by atoms with van der Waals surface area (Å²) in [6.07, 6.45) is 5.31. The van der Waals surface area contributed by atoms with Crippen LogP contribution in [0.15, 0.2) is 30.0 Å². The molecule has 2 saturated heterocycles. The lowest BCUT2D eigenvalue weighted by Crippen LogP contribution is -2.31. The average molecular weight is 315 g/mol. The van der Waals surface area contributed by atoms with Crippen molar-refractivity contribution in [2.45, 2.75) is 26.2 Å². The summed E-state index contributed by atoms with van der Waals surface area (Å²) in [4.78, 5) is 16.3. The van der Waals surface area contributed by atoms with Crippen LogP contribution in [0.3, 0.4) is 0 Å². The molecule has 0 bridgehead atoms. The van der Waals surface area contributed by atoms with Crippen LogP contribution in [-0.4, -0.2) is 35.6 Å². The molecule has 2 aliphatic heterocycles. The summed E-state index contributed by atoms with van der Waals surface area (Å²) in [7, 11) is 0. The molecule has 3 rings (SSSR count). The molecule has 1 N–H and O–H groups in total. The lowest BCUT2D eigenvalue weighted by Gasteiger charge is -2.17. The van der Waals surface area contributed by atoms with Crippen LogP contribution in [0, 0.1) is 0 Å². The van der Waals surface area contributed by atoms with Crippen molar-refractivity contribution in [2.75, 3.05) is 24.5 Å². The van der Waals surface area contributed by atoms with Crippen LogP contribution < -0.4 is 10.2 Å². The number of anilines is 1. The zero-order valence-corrected chi connectivity index (χ0v) is 13.7. The highest BCUT2D eigenvalue weighted by atomic mass is 32.1. The molecule has 116 valence electrons. The standard InChI is InChI=1S/C17H21N3OS/c1-2-9-20-16(21)15(18-17(20)22)12-13-5-7-14(8-6-13)19-10-3-4-11-19/h5-8,12H,2-4,9-11H2,1H3,(H,18,22). The lowest BCUT2D eigenvalue weighted by atomic mass is 10.1. The van der Waals surface area contributed by atoms with Crippen molar-refractivity contribution in [1.29, 1.82) is 0 Å². The SMILES string of the molecule is CCCN1C(=O)C(=Cc2ccc(N3CCCC3)cc2)NC1=S. The number of amides is 1. The molecular formula is C17H21N3OS. The van der Waals surface area contributed by atoms with Crippen LogP contribution >= 0.6 is 12.2 Å². The van der Waals surface area contributed by atoms with E-state index in [9.17, 15) is 4.79 Å². The van der Waals surface area contributed by atoms with E-state index < -0.39 is 0 Å². The molecule has 0 aromatic heterocycles. The summed E-state index contributed by atoms with van der Waals surface area (Å²) >= 11 is 5.22. The summed E-state index contributed by atoms with van der Waals surface area (Å²) in [5.41, 5.74) is 2.83. The topological polar surface area (TPSA) is 35.6 Å². The molecule has 2 heterocycles. The van der Waals surface area contributed by atoms with E-state index in [0.717, 1.165) is 25.1 Å². The minimum Gasteiger partial charge on any atom is -0.372 e. The fraction of sp³-hybridized carbons (Fsp3) is 0.412. The molecule has 0 saturated carbocycles. The number of nitrogens with one attached hydrogen (secondary N) is 1. The molecule has 0 aliphatic carbocycles. The largest absolute Gasteiger partial charge is 0.372 e. The fourth-order valence-corrected chi connectivity index (χ4v) is 3.21. The third-order valence-electron chi connectivity index (χ3n) is 4.08. The molecule has 1 aromatic carbocycles. The van der Waals surface area contributed by atoms with Crippen LogP contribution in [0.25, 0.3) is 6.08 Å². The monoisotopic (exact) mass is 315 g/mol. The van der Waals surface area contributed by atoms with Gasteiger partial charge in [0.25, 0.3) is 5.91 Å². The Labute approximate surface area is 136 Å². The van der Waals surface area contributed by atoms with E-state index in [-0.39, 0.29) is 5.91 Å². The fourth-order valence-electron chi connectivity index (χ4n) is 2.92. The van der Waals surface area contributed by atoms with E-state index >= 15 is 0 Å². The van der Waals surface area contributed by atoms with Gasteiger partial charge in [0, 0.05) is 25.3 Å². The third-order valence-corrected chi connectivity index (χ3v) is 4.41. The molecule has 0 unspecified atom stereocenters. The van der Waals surface area contributed by atoms with Crippen molar-refractivity contribution >= 4 is 35.0 Å². The highest BCUT2D eigenvalue weighted by molar-refractivity contribution is 7.80. The van der Waals surface area contributed by atoms with Crippen LogP contribution in [-0.2, 0) is 4.79 Å². The second kappa shape index (κ2) is 6.48. The molecule has 5 heteroatoms. The maximum absolute atomic E-state index is 12.3. The molecule has 0 spiro atoms. The number of benzene rings is 1. The average Bonchev–Trinajstić information content (AvgIpc) is 3.13. The molecule has 2 fully saturated rings. The van der Waals surface area contributed by atoms with Crippen LogP contribution in [0.2, 0.25) is 0 Å². The van der Waals surface area contributed by atoms with E-state index in [1.165, 1.54) is 18.5 Å². The zero-order chi connectivity index (χ0) is 15.5. The zero-order valence-electron chi connectivity index (χ0n) is 12.8. The number of carbonyl (C=O) groups is 1. The van der Waals surface area contributed by atoms with Gasteiger partial charge in [-0.05, 0) is 55.3 Å². The van der Waals surface area contributed by atoms with Gasteiger partial charge in [0.2, 0.25) is 0 Å². The van der Waals surface area contributed by atoms with E-state index in [4.69, 9.17) is 12.2 Å². The van der Waals surface area contributed by atoms with Gasteiger partial charge >= 0.3 is 0 Å². The molecule has 1 amide bonds. The molecule has 0 atom stereocenters. The van der Waals surface area contributed by atoms with Gasteiger partial charge in [0.1, 0.15) is 5.70 Å². The first-order chi connectivity index (χ1) is 10.7. The van der Waals surface area contributed by atoms with E-state index in [0.29, 0.717) is 17.4 Å². The van der Waals surface area contributed by atoms with Crippen molar-refractivity contribution < 1.29 is 4.79 Å². The van der Waals surface area contributed by atoms with Gasteiger partial charge < -0.3 is 10.2 Å². The summed E-state index contributed by atoms with van der Waals surface area (Å²) < 4.78 is 0. The van der Waals surface area contributed by atoms with Gasteiger partial charge in [-0.1, -0.05) is 19.1 Å². The lowest BCUT2D eigenvalue weighted by molar-refractivity contribution is -0.122. The summed E-state index contributed by atoms with van der Waals surface area (Å²) in [5.74, 6) is -0.0320. The second-order valence-corrected chi connectivity index (χ2v) is 6.12. The molecule has 1 aromatic rings. The number of thiocarbonyl (C=S) groups is 1. The Morgan fingerprint density at radius 3 is 2.55 bits per heavy atom. The first-order valence-electron chi connectivity index (χ1n) is 7.88. The van der Waals surface area contributed by atoms with Crippen molar-refractivity contribution in [2.24, 2.45) is 0 Å². The number of carbonyl (C=O) groups excluding carboxylic acids is 1. The smallest absolute Gasteiger partial charge is 0.276 e. The van der Waals surface area contributed by atoms with Gasteiger partial charge in [-0.15, -0.1) is 0 Å². The van der Waals surface area contributed by atoms with Crippen molar-refractivity contribution in [3.8, 4) is 0 Å². The van der Waals surface area contributed by atoms with Crippen LogP contribution in [0.4, 0.5) is 5.69 Å². The second-order valence-electron chi connectivity index (χ2n) is 5.73. The minimum atomic E-state index is -0.0320. The van der Waals surface area contributed by atoms with Gasteiger partial charge in [-0.3, -0.25) is 9.69 Å². The minimum absolute atomic E-state index is 0.0320. The Kier molecular flexibility index (Phi) is 4.43. The normalized spacial score (nSPS) is 20.1. The van der Waals surface area contributed by atoms with Gasteiger partial charge in [-0.2, -0.15) is 0 Å². The van der Waals surface area contributed by atoms with E-state index in [2.05, 4.69) is 34.5 Å². The molecule has 4 nitrogen and oxygen atoms in total. The predicted octanol–water partition coefficient (Wildman–Crippen LogP) is 2.75. The van der Waals surface area contributed by atoms with Crippen LogP contribution in [0.5, 0.6) is 0 Å². The highest BCUT2D eigenvalue weighted by Crippen LogP contribution is 2.22. The number of nitrogens with zero attached hydrogens (tertiary/aromatic N) is 2. The van der Waals surface area contributed by atoms with Crippen molar-refractivity contribution in [1.82, 2.24) is 10.2 Å². The van der Waals surface area contributed by atoms with Crippen molar-refractivity contribution in [3.05, 3.63) is 35.5 Å². The maximum Gasteiger partial charge on any atom is 0.276 e. The van der Waals surface area contributed by atoms with Gasteiger partial charge in [0.05, 0.1) is 0 Å². The molecule has 0 radical (unpaired) electrons. The van der Waals surface area contributed by atoms with Crippen molar-refractivity contribution in [3.63, 3.8) is 0 Å². The van der Waals surface area contributed by atoms with E-state index in [1.807, 2.05) is 13.0 Å². The van der Waals surface area contributed by atoms with Gasteiger partial charge in [-0.25, -0.2) is 0 Å². The van der Waals surface area contributed by atoms with Crippen LogP contribution in [0.1, 0.15) is 31.7 Å². The Morgan fingerprint density at radius 1 is 1.23 bits per heavy atom. The number of rotatable bonds is 4. The first kappa shape index (κ1) is 15.0. The summed E-state index contributed by atoms with van der Waals surface area (Å²) in [5, 5.41) is 3.52. The quantitative estimate of drug-likeness (QED) is 0.684. The Balaban J connectivity index is 1.74. The Hall–Kier alpha value is -1.88. The van der Waals surface area contributed by atoms with Gasteiger partial charge in [0.15, 0.2) is 5.11 Å².